The molecule has 1 heterocycles. The number of amides is 2. The lowest BCUT2D eigenvalue weighted by atomic mass is 10.0. The topological polar surface area (TPSA) is 95.9 Å². The molecule has 1 saturated heterocycles. The highest BCUT2D eigenvalue weighted by atomic mass is 16.5. The minimum atomic E-state index is -1.04. The molecule has 2 amide bonds. The van der Waals surface area contributed by atoms with Crippen LogP contribution in [0.2, 0.25) is 0 Å². The minimum Gasteiger partial charge on any atom is -0.480 e. The fourth-order valence-electron chi connectivity index (χ4n) is 2.65. The van der Waals surface area contributed by atoms with Gasteiger partial charge in [0.05, 0.1) is 5.92 Å². The summed E-state index contributed by atoms with van der Waals surface area (Å²) in [6.45, 7) is 7.87. The minimum absolute atomic E-state index is 0.0580. The molecular formula is C16H28N2O5. The highest BCUT2D eigenvalue weighted by Gasteiger charge is 2.35. The summed E-state index contributed by atoms with van der Waals surface area (Å²) in [4.78, 5) is 37.0. The predicted octanol–water partition coefficient (Wildman–Crippen LogP) is 0.877. The summed E-state index contributed by atoms with van der Waals surface area (Å²) < 4.78 is 5.24. The van der Waals surface area contributed by atoms with E-state index in [1.807, 2.05) is 20.8 Å². The first kappa shape index (κ1) is 19.4. The fraction of sp³-hybridized carbons (Fsp3) is 0.812. The van der Waals surface area contributed by atoms with Crippen molar-refractivity contribution < 1.29 is 24.2 Å². The molecule has 0 aromatic rings. The zero-order valence-corrected chi connectivity index (χ0v) is 14.2. The maximum Gasteiger partial charge on any atom is 0.326 e. The van der Waals surface area contributed by atoms with Crippen molar-refractivity contribution in [2.24, 2.45) is 11.8 Å². The normalized spacial score (nSPS) is 19.2. The Morgan fingerprint density at radius 3 is 2.70 bits per heavy atom. The highest BCUT2D eigenvalue weighted by molar-refractivity contribution is 5.91. The Bertz CT molecular complexity index is 425. The van der Waals surface area contributed by atoms with Gasteiger partial charge in [-0.3, -0.25) is 9.59 Å². The molecule has 1 aliphatic rings. The second-order valence-electron chi connectivity index (χ2n) is 6.32. The van der Waals surface area contributed by atoms with Crippen molar-refractivity contribution in [1.29, 1.82) is 0 Å². The molecule has 2 N–H and O–H groups in total. The van der Waals surface area contributed by atoms with Gasteiger partial charge in [0.25, 0.3) is 0 Å². The second-order valence-corrected chi connectivity index (χ2v) is 6.32. The first-order valence-electron chi connectivity index (χ1n) is 8.23. The number of ether oxygens (including phenoxy) is 1. The third-order valence-corrected chi connectivity index (χ3v) is 3.83. The standard InChI is InChI=1S/C16H28N2O5/c1-4-23-7-5-6-18-10-12(9-14(18)19)15(20)17-13(16(21)22)8-11(2)3/h11-13H,4-10H2,1-3H3,(H,17,20)(H,21,22). The summed E-state index contributed by atoms with van der Waals surface area (Å²) in [5, 5.41) is 11.7. The van der Waals surface area contributed by atoms with E-state index in [-0.39, 0.29) is 24.2 Å². The van der Waals surface area contributed by atoms with Crippen molar-refractivity contribution in [1.82, 2.24) is 10.2 Å². The average Bonchev–Trinajstić information content (AvgIpc) is 2.83. The van der Waals surface area contributed by atoms with Gasteiger partial charge in [-0.1, -0.05) is 13.8 Å². The number of hydrogen-bond donors (Lipinski definition) is 2. The third kappa shape index (κ3) is 6.56. The number of aliphatic carboxylic acids is 1. The van der Waals surface area contributed by atoms with Gasteiger partial charge in [0, 0.05) is 32.7 Å². The molecule has 0 aromatic carbocycles. The van der Waals surface area contributed by atoms with Gasteiger partial charge in [-0.05, 0) is 25.7 Å². The van der Waals surface area contributed by atoms with Gasteiger partial charge in [-0.15, -0.1) is 0 Å². The van der Waals surface area contributed by atoms with Gasteiger partial charge in [-0.25, -0.2) is 4.79 Å². The Morgan fingerprint density at radius 2 is 2.13 bits per heavy atom. The van der Waals surface area contributed by atoms with Gasteiger partial charge in [-0.2, -0.15) is 0 Å². The van der Waals surface area contributed by atoms with E-state index in [1.54, 1.807) is 4.90 Å². The quantitative estimate of drug-likeness (QED) is 0.580. The molecule has 1 rings (SSSR count). The molecule has 1 fully saturated rings. The summed E-state index contributed by atoms with van der Waals surface area (Å²) in [6, 6.07) is -0.899. The molecule has 7 nitrogen and oxygen atoms in total. The maximum absolute atomic E-state index is 12.2. The van der Waals surface area contributed by atoms with Crippen LogP contribution in [0.5, 0.6) is 0 Å². The van der Waals surface area contributed by atoms with E-state index in [0.717, 1.165) is 6.42 Å². The van der Waals surface area contributed by atoms with Crippen molar-refractivity contribution in [3.8, 4) is 0 Å². The van der Waals surface area contributed by atoms with Gasteiger partial charge in [0.15, 0.2) is 0 Å². The Kier molecular flexibility index (Phi) is 8.02. The summed E-state index contributed by atoms with van der Waals surface area (Å²) in [7, 11) is 0. The number of nitrogens with one attached hydrogen (secondary N) is 1. The number of carboxylic acid groups (broad SMARTS) is 1. The van der Waals surface area contributed by atoms with E-state index in [1.165, 1.54) is 0 Å². The number of carbonyl (C=O) groups excluding carboxylic acids is 2. The molecular weight excluding hydrogens is 300 g/mol. The Morgan fingerprint density at radius 1 is 1.43 bits per heavy atom. The number of carboxylic acids is 1. The van der Waals surface area contributed by atoms with Crippen molar-refractivity contribution in [2.45, 2.75) is 46.1 Å². The van der Waals surface area contributed by atoms with Crippen molar-refractivity contribution >= 4 is 17.8 Å². The summed E-state index contributed by atoms with van der Waals surface area (Å²) in [5.41, 5.74) is 0. The van der Waals surface area contributed by atoms with E-state index in [0.29, 0.717) is 32.7 Å². The van der Waals surface area contributed by atoms with Crippen LogP contribution in [0, 0.1) is 11.8 Å². The molecule has 0 aliphatic carbocycles. The van der Waals surface area contributed by atoms with Gasteiger partial charge >= 0.3 is 5.97 Å². The van der Waals surface area contributed by atoms with E-state index >= 15 is 0 Å². The van der Waals surface area contributed by atoms with Crippen molar-refractivity contribution in [3.63, 3.8) is 0 Å². The SMILES string of the molecule is CCOCCCN1CC(C(=O)NC(CC(C)C)C(=O)O)CC1=O. The summed E-state index contributed by atoms with van der Waals surface area (Å²) in [5.74, 6) is -1.75. The Hall–Kier alpha value is -1.63. The van der Waals surface area contributed by atoms with Crippen LogP contribution in [0.15, 0.2) is 0 Å². The second kappa shape index (κ2) is 9.50. The molecule has 2 atom stereocenters. The molecule has 0 spiro atoms. The Balaban J connectivity index is 2.47. The Labute approximate surface area is 137 Å². The molecule has 132 valence electrons. The lowest BCUT2D eigenvalue weighted by Crippen LogP contribution is -2.44. The maximum atomic E-state index is 12.2. The molecule has 7 heteroatoms. The van der Waals surface area contributed by atoms with Crippen molar-refractivity contribution in [2.75, 3.05) is 26.3 Å². The van der Waals surface area contributed by atoms with Crippen LogP contribution >= 0.6 is 0 Å². The number of likely N-dealkylation sites (tertiary alicyclic amines) is 1. The van der Waals surface area contributed by atoms with Crippen LogP contribution in [0.1, 0.15) is 40.0 Å². The van der Waals surface area contributed by atoms with E-state index in [9.17, 15) is 19.5 Å². The van der Waals surface area contributed by atoms with Gasteiger partial charge in [0.1, 0.15) is 6.04 Å². The van der Waals surface area contributed by atoms with Crippen LogP contribution < -0.4 is 5.32 Å². The average molecular weight is 328 g/mol. The molecule has 0 aromatic heterocycles. The molecule has 0 saturated carbocycles. The fourth-order valence-corrected chi connectivity index (χ4v) is 2.65. The molecule has 0 bridgehead atoms. The third-order valence-electron chi connectivity index (χ3n) is 3.83. The lowest BCUT2D eigenvalue weighted by molar-refractivity contribution is -0.142. The zero-order valence-electron chi connectivity index (χ0n) is 14.2. The number of hydrogen-bond acceptors (Lipinski definition) is 4. The number of rotatable bonds is 10. The number of nitrogens with zero attached hydrogens (tertiary/aromatic N) is 1. The monoisotopic (exact) mass is 328 g/mol. The summed E-state index contributed by atoms with van der Waals surface area (Å²) in [6.07, 6.45) is 1.26. The van der Waals surface area contributed by atoms with Crippen molar-refractivity contribution in [3.05, 3.63) is 0 Å². The van der Waals surface area contributed by atoms with Crippen LogP contribution in [-0.2, 0) is 19.1 Å². The first-order valence-corrected chi connectivity index (χ1v) is 8.23. The molecule has 2 unspecified atom stereocenters. The van der Waals surface area contributed by atoms with E-state index in [4.69, 9.17) is 4.74 Å². The first-order chi connectivity index (χ1) is 10.8. The largest absolute Gasteiger partial charge is 0.480 e. The number of carbonyl (C=O) groups is 3. The highest BCUT2D eigenvalue weighted by Crippen LogP contribution is 2.19. The van der Waals surface area contributed by atoms with Crippen LogP contribution in [0.3, 0.4) is 0 Å². The molecule has 23 heavy (non-hydrogen) atoms. The molecule has 0 radical (unpaired) electrons. The van der Waals surface area contributed by atoms with E-state index in [2.05, 4.69) is 5.32 Å². The van der Waals surface area contributed by atoms with Crippen LogP contribution in [0.4, 0.5) is 0 Å². The molecule has 1 aliphatic heterocycles. The van der Waals surface area contributed by atoms with Gasteiger partial charge < -0.3 is 20.1 Å². The summed E-state index contributed by atoms with van der Waals surface area (Å²) >= 11 is 0. The van der Waals surface area contributed by atoms with Gasteiger partial charge in [0.2, 0.25) is 11.8 Å². The predicted molar refractivity (Wildman–Crippen MR) is 84.8 cm³/mol. The zero-order chi connectivity index (χ0) is 17.4. The lowest BCUT2D eigenvalue weighted by Gasteiger charge is -2.19. The van der Waals surface area contributed by atoms with E-state index < -0.39 is 17.9 Å². The van der Waals surface area contributed by atoms with Crippen LogP contribution in [-0.4, -0.2) is 60.1 Å². The smallest absolute Gasteiger partial charge is 0.326 e. The van der Waals surface area contributed by atoms with Crippen LogP contribution in [0.25, 0.3) is 0 Å².